The van der Waals surface area contributed by atoms with Gasteiger partial charge in [-0.2, -0.15) is 0 Å². The van der Waals surface area contributed by atoms with Gasteiger partial charge in [0.15, 0.2) is 0 Å². The molecule has 0 aliphatic carbocycles. The lowest BCUT2D eigenvalue weighted by molar-refractivity contribution is -0.107. The van der Waals surface area contributed by atoms with Crippen LogP contribution in [0.15, 0.2) is 48.5 Å². The highest BCUT2D eigenvalue weighted by Gasteiger charge is 2.19. The monoisotopic (exact) mass is 337 g/mol. The van der Waals surface area contributed by atoms with Crippen molar-refractivity contribution in [3.05, 3.63) is 65.2 Å². The molecular weight excluding hydrogens is 318 g/mol. The van der Waals surface area contributed by atoms with Crippen LogP contribution in [0.25, 0.3) is 10.9 Å². The van der Waals surface area contributed by atoms with Crippen LogP contribution in [-0.4, -0.2) is 17.3 Å². The van der Waals surface area contributed by atoms with Crippen molar-refractivity contribution in [2.24, 2.45) is 11.6 Å². The van der Waals surface area contributed by atoms with E-state index in [4.69, 9.17) is 11.6 Å². The summed E-state index contributed by atoms with van der Waals surface area (Å²) in [6.07, 6.45) is 0.416. The number of primary amides is 1. The van der Waals surface area contributed by atoms with Crippen molar-refractivity contribution in [3.8, 4) is 0 Å². The Morgan fingerprint density at radius 1 is 1.12 bits per heavy atom. The number of nitrogens with zero attached hydrogens (tertiary/aromatic N) is 1. The number of hydrogen-bond acceptors (Lipinski definition) is 4. The van der Waals surface area contributed by atoms with Crippen LogP contribution in [-0.2, 0) is 17.9 Å². The molecule has 0 fully saturated rings. The zero-order valence-corrected chi connectivity index (χ0v) is 13.5. The second-order valence-electron chi connectivity index (χ2n) is 5.69. The first-order valence-electron chi connectivity index (χ1n) is 7.78. The highest BCUT2D eigenvalue weighted by Crippen LogP contribution is 2.28. The zero-order chi connectivity index (χ0) is 17.8. The first kappa shape index (κ1) is 16.7. The smallest absolute Gasteiger partial charge is 0.253 e. The van der Waals surface area contributed by atoms with Crippen LogP contribution in [0.5, 0.6) is 0 Å². The number of nitrogens with two attached hydrogens (primary N) is 2. The first-order valence-corrected chi connectivity index (χ1v) is 7.78. The second-order valence-corrected chi connectivity index (χ2v) is 5.69. The number of aromatic nitrogens is 1. The van der Waals surface area contributed by atoms with Gasteiger partial charge in [0, 0.05) is 24.0 Å². The number of fused-ring (bicyclic) bond motifs is 1. The molecule has 2 aromatic carbocycles. The maximum absolute atomic E-state index is 11.7. The summed E-state index contributed by atoms with van der Waals surface area (Å²) in [6, 6.07) is 15.7. The molecule has 0 spiro atoms. The van der Waals surface area contributed by atoms with Gasteiger partial charge >= 0.3 is 0 Å². The fourth-order valence-electron chi connectivity index (χ4n) is 2.78. The summed E-state index contributed by atoms with van der Waals surface area (Å²) in [7, 11) is 0. The average Bonchev–Trinajstić information content (AvgIpc) is 3.01. The molecule has 3 aromatic rings. The van der Waals surface area contributed by atoms with Crippen molar-refractivity contribution >= 4 is 29.0 Å². The van der Waals surface area contributed by atoms with Gasteiger partial charge in [0.2, 0.25) is 6.41 Å². The molecule has 0 unspecified atom stereocenters. The lowest BCUT2D eigenvalue weighted by Gasteiger charge is -2.08. The number of rotatable bonds is 7. The molecule has 0 aliphatic heterocycles. The molecule has 7 nitrogen and oxygen atoms in total. The topological polar surface area (TPSA) is 117 Å². The molecule has 1 heterocycles. The van der Waals surface area contributed by atoms with Gasteiger partial charge in [-0.15, -0.1) is 0 Å². The molecule has 0 atom stereocenters. The number of amides is 2. The Balaban J connectivity index is 1.82. The van der Waals surface area contributed by atoms with Crippen molar-refractivity contribution in [1.29, 1.82) is 0 Å². The van der Waals surface area contributed by atoms with Gasteiger partial charge in [-0.3, -0.25) is 9.59 Å². The van der Waals surface area contributed by atoms with Crippen molar-refractivity contribution in [2.45, 2.75) is 13.1 Å². The van der Waals surface area contributed by atoms with E-state index in [1.54, 1.807) is 6.07 Å². The van der Waals surface area contributed by atoms with Crippen molar-refractivity contribution in [2.75, 3.05) is 5.01 Å². The number of anilines is 1. The Bertz CT molecular complexity index is 904. The number of carbonyl (C=O) groups is 2. The van der Waals surface area contributed by atoms with E-state index in [-0.39, 0.29) is 11.4 Å². The third-order valence-electron chi connectivity index (χ3n) is 3.96. The fourth-order valence-corrected chi connectivity index (χ4v) is 2.78. The summed E-state index contributed by atoms with van der Waals surface area (Å²) in [5, 5.41) is 4.81. The third-order valence-corrected chi connectivity index (χ3v) is 3.96. The van der Waals surface area contributed by atoms with E-state index in [1.807, 2.05) is 30.3 Å². The molecule has 2 amide bonds. The van der Waals surface area contributed by atoms with Gasteiger partial charge in [-0.1, -0.05) is 42.5 Å². The highest BCUT2D eigenvalue weighted by molar-refractivity contribution is 6.12. The Labute approximate surface area is 144 Å². The molecule has 128 valence electrons. The van der Waals surface area contributed by atoms with E-state index >= 15 is 0 Å². The Kier molecular flexibility index (Phi) is 4.78. The molecule has 0 aliphatic rings. The fraction of sp³-hybridized carbons (Fsp3) is 0.111. The lowest BCUT2D eigenvalue weighted by Crippen LogP contribution is -2.31. The average molecular weight is 337 g/mol. The zero-order valence-electron chi connectivity index (χ0n) is 13.5. The number of carbonyl (C=O) groups excluding carboxylic acids is 2. The van der Waals surface area contributed by atoms with E-state index in [1.165, 1.54) is 5.56 Å². The lowest BCUT2D eigenvalue weighted by atomic mass is 10.1. The minimum Gasteiger partial charge on any atom is -0.365 e. The molecule has 25 heavy (non-hydrogen) atoms. The number of aromatic amines is 1. The SMILES string of the molecule is NC(=O)c1c(N(N)C=O)[nH]c2cc(CNCc3ccccc3)ccc12. The predicted octanol–water partition coefficient (Wildman–Crippen LogP) is 1.39. The third kappa shape index (κ3) is 3.52. The first-order chi connectivity index (χ1) is 12.1. The van der Waals surface area contributed by atoms with Crippen LogP contribution < -0.4 is 21.9 Å². The number of benzene rings is 2. The predicted molar refractivity (Wildman–Crippen MR) is 96.5 cm³/mol. The van der Waals surface area contributed by atoms with Crippen molar-refractivity contribution < 1.29 is 9.59 Å². The summed E-state index contributed by atoms with van der Waals surface area (Å²) in [5.74, 6) is 5.14. The van der Waals surface area contributed by atoms with E-state index in [9.17, 15) is 9.59 Å². The summed E-state index contributed by atoms with van der Waals surface area (Å²) >= 11 is 0. The summed E-state index contributed by atoms with van der Waals surface area (Å²) in [6.45, 7) is 1.41. The van der Waals surface area contributed by atoms with Gasteiger partial charge in [0.25, 0.3) is 5.91 Å². The second kappa shape index (κ2) is 7.16. The number of H-pyrrole nitrogens is 1. The van der Waals surface area contributed by atoms with Crippen LogP contribution in [0.4, 0.5) is 5.82 Å². The van der Waals surface area contributed by atoms with Crippen LogP contribution in [0.3, 0.4) is 0 Å². The molecule has 1 aromatic heterocycles. The van der Waals surface area contributed by atoms with Crippen LogP contribution in [0, 0.1) is 0 Å². The summed E-state index contributed by atoms with van der Waals surface area (Å²) < 4.78 is 0. The van der Waals surface area contributed by atoms with Gasteiger partial charge in [-0.25, -0.2) is 10.9 Å². The van der Waals surface area contributed by atoms with Crippen LogP contribution >= 0.6 is 0 Å². The highest BCUT2D eigenvalue weighted by atomic mass is 16.1. The standard InChI is InChI=1S/C18H19N5O2/c19-17(25)16-14-7-6-13(8-15(14)22-18(16)23(20)11-24)10-21-9-12-4-2-1-3-5-12/h1-8,11,21-22H,9-10,20H2,(H2,19,25). The molecule has 0 bridgehead atoms. The Morgan fingerprint density at radius 2 is 1.84 bits per heavy atom. The Morgan fingerprint density at radius 3 is 2.52 bits per heavy atom. The summed E-state index contributed by atoms with van der Waals surface area (Å²) in [4.78, 5) is 25.6. The molecule has 0 saturated heterocycles. The van der Waals surface area contributed by atoms with Crippen LogP contribution in [0.1, 0.15) is 21.5 Å². The van der Waals surface area contributed by atoms with Crippen LogP contribution in [0.2, 0.25) is 0 Å². The van der Waals surface area contributed by atoms with Gasteiger partial charge < -0.3 is 16.0 Å². The molecular formula is C18H19N5O2. The Hall–Kier alpha value is -3.16. The molecule has 7 heteroatoms. The number of hydrogen-bond donors (Lipinski definition) is 4. The maximum atomic E-state index is 11.7. The van der Waals surface area contributed by atoms with Crippen molar-refractivity contribution in [3.63, 3.8) is 0 Å². The van der Waals surface area contributed by atoms with E-state index in [2.05, 4.69) is 22.4 Å². The molecule has 6 N–H and O–H groups in total. The van der Waals surface area contributed by atoms with E-state index in [0.29, 0.717) is 23.9 Å². The minimum atomic E-state index is -0.645. The van der Waals surface area contributed by atoms with E-state index < -0.39 is 5.91 Å². The molecule has 0 radical (unpaired) electrons. The van der Waals surface area contributed by atoms with Gasteiger partial charge in [0.05, 0.1) is 5.56 Å². The minimum absolute atomic E-state index is 0.187. The quantitative estimate of drug-likeness (QED) is 0.225. The van der Waals surface area contributed by atoms with Gasteiger partial charge in [-0.05, 0) is 17.2 Å². The molecule has 0 saturated carbocycles. The number of nitrogens with one attached hydrogen (secondary N) is 2. The van der Waals surface area contributed by atoms with E-state index in [0.717, 1.165) is 17.1 Å². The maximum Gasteiger partial charge on any atom is 0.253 e. The normalized spacial score (nSPS) is 10.8. The van der Waals surface area contributed by atoms with Gasteiger partial charge in [0.1, 0.15) is 5.82 Å². The number of hydrazine groups is 1. The van der Waals surface area contributed by atoms with Crippen molar-refractivity contribution in [1.82, 2.24) is 10.3 Å². The molecule has 3 rings (SSSR count). The largest absolute Gasteiger partial charge is 0.365 e. The summed E-state index contributed by atoms with van der Waals surface area (Å²) in [5.41, 5.74) is 8.56.